The van der Waals surface area contributed by atoms with Gasteiger partial charge in [-0.15, -0.1) is 0 Å². The number of amides is 1. The first-order valence-electron chi connectivity index (χ1n) is 5.53. The molecule has 4 nitrogen and oxygen atoms in total. The first-order chi connectivity index (χ1) is 7.83. The SMILES string of the molecule is N#CCN(C(=O)c1ccoc1)C1CCCC1. The molecule has 0 aromatic carbocycles. The molecule has 0 N–H and O–H groups in total. The van der Waals surface area contributed by atoms with Gasteiger partial charge in [-0.2, -0.15) is 5.26 Å². The van der Waals surface area contributed by atoms with Crippen LogP contribution in [0.3, 0.4) is 0 Å². The third-order valence-corrected chi connectivity index (χ3v) is 3.04. The van der Waals surface area contributed by atoms with E-state index in [0.717, 1.165) is 25.7 Å². The van der Waals surface area contributed by atoms with Crippen LogP contribution in [0.4, 0.5) is 0 Å². The summed E-state index contributed by atoms with van der Waals surface area (Å²) in [4.78, 5) is 13.8. The van der Waals surface area contributed by atoms with E-state index in [0.29, 0.717) is 5.56 Å². The zero-order valence-corrected chi connectivity index (χ0v) is 9.06. The zero-order valence-electron chi connectivity index (χ0n) is 9.06. The summed E-state index contributed by atoms with van der Waals surface area (Å²) >= 11 is 0. The summed E-state index contributed by atoms with van der Waals surface area (Å²) in [6, 6.07) is 3.93. The van der Waals surface area contributed by atoms with Crippen molar-refractivity contribution < 1.29 is 9.21 Å². The molecule has 1 aliphatic rings. The van der Waals surface area contributed by atoms with Gasteiger partial charge in [0.05, 0.1) is 17.9 Å². The topological polar surface area (TPSA) is 57.2 Å². The number of carbonyl (C=O) groups excluding carboxylic acids is 1. The number of nitriles is 1. The van der Waals surface area contributed by atoms with Gasteiger partial charge in [0.2, 0.25) is 0 Å². The van der Waals surface area contributed by atoms with Gasteiger partial charge >= 0.3 is 0 Å². The number of furan rings is 1. The Morgan fingerprint density at radius 1 is 1.56 bits per heavy atom. The van der Waals surface area contributed by atoms with E-state index < -0.39 is 0 Å². The number of hydrogen-bond acceptors (Lipinski definition) is 3. The average molecular weight is 218 g/mol. The molecule has 1 saturated carbocycles. The van der Waals surface area contributed by atoms with Crippen molar-refractivity contribution in [2.24, 2.45) is 0 Å². The van der Waals surface area contributed by atoms with Gasteiger partial charge in [-0.05, 0) is 18.9 Å². The maximum Gasteiger partial charge on any atom is 0.258 e. The van der Waals surface area contributed by atoms with E-state index in [1.54, 1.807) is 11.0 Å². The summed E-state index contributed by atoms with van der Waals surface area (Å²) in [5, 5.41) is 8.78. The zero-order chi connectivity index (χ0) is 11.4. The molecule has 0 radical (unpaired) electrons. The van der Waals surface area contributed by atoms with Crippen molar-refractivity contribution in [3.8, 4) is 6.07 Å². The van der Waals surface area contributed by atoms with E-state index in [2.05, 4.69) is 6.07 Å². The van der Waals surface area contributed by atoms with E-state index in [1.807, 2.05) is 0 Å². The second-order valence-electron chi connectivity index (χ2n) is 4.04. The van der Waals surface area contributed by atoms with Crippen LogP contribution in [-0.2, 0) is 0 Å². The molecule has 0 saturated heterocycles. The molecule has 0 unspecified atom stereocenters. The van der Waals surface area contributed by atoms with Crippen molar-refractivity contribution in [3.05, 3.63) is 24.2 Å². The summed E-state index contributed by atoms with van der Waals surface area (Å²) < 4.78 is 4.90. The Morgan fingerprint density at radius 3 is 2.88 bits per heavy atom. The maximum atomic E-state index is 12.1. The first kappa shape index (κ1) is 10.7. The minimum Gasteiger partial charge on any atom is -0.472 e. The summed E-state index contributed by atoms with van der Waals surface area (Å²) in [5.74, 6) is -0.0952. The smallest absolute Gasteiger partial charge is 0.258 e. The van der Waals surface area contributed by atoms with Gasteiger partial charge in [-0.3, -0.25) is 4.79 Å². The molecule has 1 amide bonds. The highest BCUT2D eigenvalue weighted by Crippen LogP contribution is 2.24. The van der Waals surface area contributed by atoms with E-state index in [4.69, 9.17) is 9.68 Å². The van der Waals surface area contributed by atoms with Gasteiger partial charge in [0.25, 0.3) is 5.91 Å². The predicted molar refractivity (Wildman–Crippen MR) is 57.6 cm³/mol. The van der Waals surface area contributed by atoms with E-state index in [1.165, 1.54) is 12.5 Å². The normalized spacial score (nSPS) is 15.9. The van der Waals surface area contributed by atoms with Crippen molar-refractivity contribution in [1.29, 1.82) is 5.26 Å². The number of hydrogen-bond donors (Lipinski definition) is 0. The lowest BCUT2D eigenvalue weighted by molar-refractivity contribution is 0.0708. The highest BCUT2D eigenvalue weighted by Gasteiger charge is 2.27. The molecule has 0 aliphatic heterocycles. The van der Waals surface area contributed by atoms with E-state index in [-0.39, 0.29) is 18.5 Å². The van der Waals surface area contributed by atoms with Crippen molar-refractivity contribution in [1.82, 2.24) is 4.90 Å². The minimum absolute atomic E-state index is 0.0952. The van der Waals surface area contributed by atoms with Crippen LogP contribution in [0.15, 0.2) is 23.0 Å². The van der Waals surface area contributed by atoms with Crippen LogP contribution in [0.2, 0.25) is 0 Å². The Balaban J connectivity index is 2.13. The fourth-order valence-corrected chi connectivity index (χ4v) is 2.21. The van der Waals surface area contributed by atoms with Gasteiger partial charge < -0.3 is 9.32 Å². The fourth-order valence-electron chi connectivity index (χ4n) is 2.21. The molecule has 0 bridgehead atoms. The molecular weight excluding hydrogens is 204 g/mol. The summed E-state index contributed by atoms with van der Waals surface area (Å²) in [5.41, 5.74) is 0.530. The van der Waals surface area contributed by atoms with Crippen molar-refractivity contribution in [2.75, 3.05) is 6.54 Å². The van der Waals surface area contributed by atoms with Gasteiger partial charge in [0.1, 0.15) is 12.8 Å². The van der Waals surface area contributed by atoms with Crippen molar-refractivity contribution in [3.63, 3.8) is 0 Å². The molecular formula is C12H14N2O2. The summed E-state index contributed by atoms with van der Waals surface area (Å²) in [6.07, 6.45) is 7.21. The molecule has 1 fully saturated rings. The van der Waals surface area contributed by atoms with Gasteiger partial charge in [-0.1, -0.05) is 12.8 Å². The lowest BCUT2D eigenvalue weighted by atomic mass is 10.2. The molecule has 84 valence electrons. The van der Waals surface area contributed by atoms with Crippen LogP contribution < -0.4 is 0 Å². The molecule has 16 heavy (non-hydrogen) atoms. The van der Waals surface area contributed by atoms with Gasteiger partial charge in [-0.25, -0.2) is 0 Å². The third kappa shape index (κ3) is 2.08. The molecule has 2 rings (SSSR count). The van der Waals surface area contributed by atoms with Crippen molar-refractivity contribution in [2.45, 2.75) is 31.7 Å². The van der Waals surface area contributed by atoms with Crippen LogP contribution in [0, 0.1) is 11.3 Å². The Labute approximate surface area is 94.5 Å². The highest BCUT2D eigenvalue weighted by molar-refractivity contribution is 5.94. The van der Waals surface area contributed by atoms with Crippen LogP contribution in [0.5, 0.6) is 0 Å². The summed E-state index contributed by atoms with van der Waals surface area (Å²) in [6.45, 7) is 0.161. The second kappa shape index (κ2) is 4.84. The van der Waals surface area contributed by atoms with Crippen molar-refractivity contribution >= 4 is 5.91 Å². The monoisotopic (exact) mass is 218 g/mol. The number of rotatable bonds is 3. The average Bonchev–Trinajstić information content (AvgIpc) is 2.96. The van der Waals surface area contributed by atoms with Crippen LogP contribution in [0.25, 0.3) is 0 Å². The Kier molecular flexibility index (Phi) is 3.25. The van der Waals surface area contributed by atoms with Crippen LogP contribution in [0.1, 0.15) is 36.0 Å². The Hall–Kier alpha value is -1.76. The predicted octanol–water partition coefficient (Wildman–Crippen LogP) is 2.19. The lowest BCUT2D eigenvalue weighted by Crippen LogP contribution is -2.38. The summed E-state index contributed by atoms with van der Waals surface area (Å²) in [7, 11) is 0. The lowest BCUT2D eigenvalue weighted by Gasteiger charge is -2.25. The molecule has 0 spiro atoms. The number of carbonyl (C=O) groups is 1. The molecule has 0 atom stereocenters. The largest absolute Gasteiger partial charge is 0.472 e. The Morgan fingerprint density at radius 2 is 2.31 bits per heavy atom. The highest BCUT2D eigenvalue weighted by atomic mass is 16.3. The van der Waals surface area contributed by atoms with E-state index >= 15 is 0 Å². The van der Waals surface area contributed by atoms with E-state index in [9.17, 15) is 4.79 Å². The first-order valence-corrected chi connectivity index (χ1v) is 5.53. The molecule has 1 aliphatic carbocycles. The number of nitrogens with zero attached hydrogens (tertiary/aromatic N) is 2. The van der Waals surface area contributed by atoms with Gasteiger partial charge in [0, 0.05) is 6.04 Å². The maximum absolute atomic E-state index is 12.1. The molecule has 1 heterocycles. The Bertz CT molecular complexity index is 386. The quantitative estimate of drug-likeness (QED) is 0.731. The molecule has 1 aromatic heterocycles. The molecule has 1 aromatic rings. The van der Waals surface area contributed by atoms with Gasteiger partial charge in [0.15, 0.2) is 0 Å². The van der Waals surface area contributed by atoms with Crippen LogP contribution >= 0.6 is 0 Å². The van der Waals surface area contributed by atoms with Crippen LogP contribution in [-0.4, -0.2) is 23.4 Å². The minimum atomic E-state index is -0.0952. The standard InChI is InChI=1S/C12H14N2O2/c13-6-7-14(11-3-1-2-4-11)12(15)10-5-8-16-9-10/h5,8-9,11H,1-4,7H2. The fraction of sp³-hybridized carbons (Fsp3) is 0.500. The third-order valence-electron chi connectivity index (χ3n) is 3.04. The molecule has 4 heteroatoms. The second-order valence-corrected chi connectivity index (χ2v) is 4.04.